The van der Waals surface area contributed by atoms with E-state index < -0.39 is 0 Å². The van der Waals surface area contributed by atoms with Crippen LogP contribution in [-0.4, -0.2) is 34.0 Å². The van der Waals surface area contributed by atoms with Crippen molar-refractivity contribution in [3.8, 4) is 0 Å². The van der Waals surface area contributed by atoms with Crippen molar-refractivity contribution in [1.29, 1.82) is 0 Å². The molecule has 1 N–H and O–H groups in total. The number of hydrogen-bond donors (Lipinski definition) is 1. The number of nitrogens with one attached hydrogen (secondary N) is 1. The Morgan fingerprint density at radius 2 is 1.94 bits per heavy atom. The van der Waals surface area contributed by atoms with Crippen molar-refractivity contribution in [2.45, 2.75) is 26.3 Å². The van der Waals surface area contributed by atoms with Crippen LogP contribution < -0.4 is 5.32 Å². The van der Waals surface area contributed by atoms with Crippen LogP contribution in [0.4, 0.5) is 0 Å². The first-order chi connectivity index (χ1) is 8.69. The first-order valence-corrected chi connectivity index (χ1v) is 6.50. The Labute approximate surface area is 110 Å². The predicted molar refractivity (Wildman–Crippen MR) is 75.0 cm³/mol. The second-order valence-corrected chi connectivity index (χ2v) is 4.60. The van der Waals surface area contributed by atoms with Gasteiger partial charge in [-0.25, -0.2) is 0 Å². The summed E-state index contributed by atoms with van der Waals surface area (Å²) in [5.41, 5.74) is 4.01. The van der Waals surface area contributed by atoms with E-state index in [2.05, 4.69) is 37.4 Å². The van der Waals surface area contributed by atoms with E-state index in [1.165, 1.54) is 16.7 Å². The maximum absolute atomic E-state index is 5.53. The Bertz CT molecular complexity index is 352. The van der Waals surface area contributed by atoms with Crippen molar-refractivity contribution in [1.82, 2.24) is 5.32 Å². The summed E-state index contributed by atoms with van der Waals surface area (Å²) >= 11 is 0. The van der Waals surface area contributed by atoms with Gasteiger partial charge in [-0.1, -0.05) is 23.8 Å². The number of ether oxygens (including phenoxy) is 2. The molecule has 18 heavy (non-hydrogen) atoms. The molecule has 0 spiro atoms. The van der Waals surface area contributed by atoms with Crippen molar-refractivity contribution >= 4 is 0 Å². The monoisotopic (exact) mass is 251 g/mol. The molecule has 0 aliphatic carbocycles. The number of rotatable bonds is 8. The van der Waals surface area contributed by atoms with Gasteiger partial charge in [-0.2, -0.15) is 0 Å². The average molecular weight is 251 g/mol. The lowest BCUT2D eigenvalue weighted by atomic mass is 9.97. The molecule has 1 unspecified atom stereocenters. The molecule has 0 saturated carbocycles. The van der Waals surface area contributed by atoms with Crippen LogP contribution in [0.3, 0.4) is 0 Å². The van der Waals surface area contributed by atoms with Crippen LogP contribution in [-0.2, 0) is 9.47 Å². The summed E-state index contributed by atoms with van der Waals surface area (Å²) in [6.07, 6.45) is 0.976. The van der Waals surface area contributed by atoms with E-state index in [9.17, 15) is 0 Å². The zero-order valence-corrected chi connectivity index (χ0v) is 12.0. The van der Waals surface area contributed by atoms with Gasteiger partial charge in [0.05, 0.1) is 13.2 Å². The van der Waals surface area contributed by atoms with Crippen molar-refractivity contribution < 1.29 is 9.47 Å². The predicted octanol–water partition coefficient (Wildman–Crippen LogP) is 2.62. The van der Waals surface area contributed by atoms with Gasteiger partial charge in [0.2, 0.25) is 0 Å². The Kier molecular flexibility index (Phi) is 6.94. The number of hydrogen-bond acceptors (Lipinski definition) is 3. The third-order valence-electron chi connectivity index (χ3n) is 3.13. The van der Waals surface area contributed by atoms with Gasteiger partial charge in [0.15, 0.2) is 0 Å². The molecular weight excluding hydrogens is 226 g/mol. The molecule has 0 aliphatic rings. The topological polar surface area (TPSA) is 30.5 Å². The third-order valence-corrected chi connectivity index (χ3v) is 3.13. The largest absolute Gasteiger partial charge is 0.382 e. The van der Waals surface area contributed by atoms with Gasteiger partial charge in [0.25, 0.3) is 0 Å². The maximum atomic E-state index is 5.53. The van der Waals surface area contributed by atoms with Gasteiger partial charge in [0.1, 0.15) is 0 Å². The minimum atomic E-state index is 0.355. The molecule has 102 valence electrons. The van der Waals surface area contributed by atoms with E-state index in [1.807, 2.05) is 7.05 Å². The molecule has 1 aromatic rings. The SMILES string of the molecule is CNC(CCOCCOC)c1ccc(C)cc1C. The fourth-order valence-electron chi connectivity index (χ4n) is 2.12. The molecule has 0 heterocycles. The standard InChI is InChI=1S/C15H25NO2/c1-12-5-6-14(13(2)11-12)15(16-3)7-8-18-10-9-17-4/h5-6,11,15-16H,7-10H2,1-4H3. The molecule has 0 amide bonds. The van der Waals surface area contributed by atoms with Gasteiger partial charge in [-0.15, -0.1) is 0 Å². The molecule has 1 rings (SSSR count). The highest BCUT2D eigenvalue weighted by Gasteiger charge is 2.11. The van der Waals surface area contributed by atoms with E-state index in [1.54, 1.807) is 7.11 Å². The minimum Gasteiger partial charge on any atom is -0.382 e. The summed E-state index contributed by atoms with van der Waals surface area (Å²) in [5, 5.41) is 3.36. The molecule has 1 atom stereocenters. The van der Waals surface area contributed by atoms with Crippen LogP contribution in [0.25, 0.3) is 0 Å². The Morgan fingerprint density at radius 1 is 1.17 bits per heavy atom. The fraction of sp³-hybridized carbons (Fsp3) is 0.600. The molecule has 0 aliphatic heterocycles. The lowest BCUT2D eigenvalue weighted by Gasteiger charge is -2.19. The summed E-state index contributed by atoms with van der Waals surface area (Å²) < 4.78 is 10.5. The smallest absolute Gasteiger partial charge is 0.0700 e. The van der Waals surface area contributed by atoms with Gasteiger partial charge in [-0.3, -0.25) is 0 Å². The van der Waals surface area contributed by atoms with Crippen LogP contribution >= 0.6 is 0 Å². The molecule has 3 heteroatoms. The number of benzene rings is 1. The van der Waals surface area contributed by atoms with Crippen molar-refractivity contribution in [2.75, 3.05) is 34.0 Å². The van der Waals surface area contributed by atoms with E-state index >= 15 is 0 Å². The van der Waals surface area contributed by atoms with Gasteiger partial charge >= 0.3 is 0 Å². The summed E-state index contributed by atoms with van der Waals surface area (Å²) in [5.74, 6) is 0. The van der Waals surface area contributed by atoms with Crippen molar-refractivity contribution in [2.24, 2.45) is 0 Å². The average Bonchev–Trinajstić information content (AvgIpc) is 2.35. The molecule has 0 aromatic heterocycles. The fourth-order valence-corrected chi connectivity index (χ4v) is 2.12. The van der Waals surface area contributed by atoms with Gasteiger partial charge in [0, 0.05) is 19.8 Å². The third kappa shape index (κ3) is 4.77. The van der Waals surface area contributed by atoms with Gasteiger partial charge < -0.3 is 14.8 Å². The first-order valence-electron chi connectivity index (χ1n) is 6.50. The molecule has 3 nitrogen and oxygen atoms in total. The summed E-state index contributed by atoms with van der Waals surface area (Å²) in [6.45, 7) is 6.37. The number of aryl methyl sites for hydroxylation is 2. The molecule has 0 saturated heterocycles. The second-order valence-electron chi connectivity index (χ2n) is 4.60. The Balaban J connectivity index is 2.49. The summed E-state index contributed by atoms with van der Waals surface area (Å²) in [7, 11) is 3.69. The van der Waals surface area contributed by atoms with E-state index in [0.717, 1.165) is 13.0 Å². The highest BCUT2D eigenvalue weighted by molar-refractivity contribution is 5.32. The highest BCUT2D eigenvalue weighted by atomic mass is 16.5. The zero-order valence-electron chi connectivity index (χ0n) is 12.0. The number of methoxy groups -OCH3 is 1. The Hall–Kier alpha value is -0.900. The van der Waals surface area contributed by atoms with Crippen LogP contribution in [0.15, 0.2) is 18.2 Å². The van der Waals surface area contributed by atoms with Crippen LogP contribution in [0.5, 0.6) is 0 Å². The summed E-state index contributed by atoms with van der Waals surface area (Å²) in [4.78, 5) is 0. The van der Waals surface area contributed by atoms with Crippen molar-refractivity contribution in [3.63, 3.8) is 0 Å². The normalized spacial score (nSPS) is 12.7. The van der Waals surface area contributed by atoms with Crippen LogP contribution in [0, 0.1) is 13.8 Å². The quantitative estimate of drug-likeness (QED) is 0.720. The van der Waals surface area contributed by atoms with Crippen LogP contribution in [0.1, 0.15) is 29.2 Å². The summed E-state index contributed by atoms with van der Waals surface area (Å²) in [6, 6.07) is 6.96. The van der Waals surface area contributed by atoms with Crippen molar-refractivity contribution in [3.05, 3.63) is 34.9 Å². The molecule has 0 bridgehead atoms. The van der Waals surface area contributed by atoms with E-state index in [-0.39, 0.29) is 0 Å². The van der Waals surface area contributed by atoms with Gasteiger partial charge in [-0.05, 0) is 38.4 Å². The molecule has 0 radical (unpaired) electrons. The first kappa shape index (κ1) is 15.2. The zero-order chi connectivity index (χ0) is 13.4. The maximum Gasteiger partial charge on any atom is 0.0700 e. The molecular formula is C15H25NO2. The lowest BCUT2D eigenvalue weighted by molar-refractivity contribution is 0.0660. The minimum absolute atomic E-state index is 0.355. The lowest BCUT2D eigenvalue weighted by Crippen LogP contribution is -2.19. The second kappa shape index (κ2) is 8.25. The highest BCUT2D eigenvalue weighted by Crippen LogP contribution is 2.21. The molecule has 0 fully saturated rings. The Morgan fingerprint density at radius 3 is 2.56 bits per heavy atom. The van der Waals surface area contributed by atoms with E-state index in [0.29, 0.717) is 19.3 Å². The molecule has 1 aromatic carbocycles. The van der Waals surface area contributed by atoms with Crippen LogP contribution in [0.2, 0.25) is 0 Å². The van der Waals surface area contributed by atoms with E-state index in [4.69, 9.17) is 9.47 Å².